The highest BCUT2D eigenvalue weighted by Gasteiger charge is 2.11. The van der Waals surface area contributed by atoms with E-state index in [4.69, 9.17) is 28.9 Å². The third-order valence-corrected chi connectivity index (χ3v) is 4.85. The zero-order chi connectivity index (χ0) is 14.0. The smallest absolute Gasteiger partial charge is 0.0578 e. The van der Waals surface area contributed by atoms with Gasteiger partial charge < -0.3 is 5.73 Å². The normalized spacial score (nSPS) is 12.4. The molecule has 2 nitrogen and oxygen atoms in total. The van der Waals surface area contributed by atoms with Crippen LogP contribution >= 0.6 is 23.2 Å². The minimum Gasteiger partial charge on any atom is -0.399 e. The van der Waals surface area contributed by atoms with Crippen molar-refractivity contribution in [2.75, 3.05) is 5.73 Å². The van der Waals surface area contributed by atoms with Crippen molar-refractivity contribution in [2.45, 2.75) is 17.6 Å². The van der Waals surface area contributed by atoms with E-state index in [2.05, 4.69) is 0 Å². The van der Waals surface area contributed by atoms with Crippen molar-refractivity contribution < 1.29 is 4.21 Å². The van der Waals surface area contributed by atoms with Gasteiger partial charge in [0.05, 0.1) is 16.6 Å². The number of aryl methyl sites for hydroxylation is 1. The van der Waals surface area contributed by atoms with Crippen LogP contribution in [0.15, 0.2) is 41.3 Å². The molecule has 2 aromatic carbocycles. The molecular weight excluding hydrogens is 301 g/mol. The zero-order valence-corrected chi connectivity index (χ0v) is 12.6. The number of hydrogen-bond acceptors (Lipinski definition) is 2. The Labute approximate surface area is 125 Å². The standard InChI is InChI=1S/C14H13Cl2NOS/c1-9-2-5-12(17)7-14(9)19(18)8-10-3-4-11(15)6-13(10)16/h2-7H,8,17H2,1H3. The Balaban J connectivity index is 2.28. The van der Waals surface area contributed by atoms with E-state index in [-0.39, 0.29) is 0 Å². The van der Waals surface area contributed by atoms with E-state index in [1.165, 1.54) is 0 Å². The minimum absolute atomic E-state index is 0.348. The summed E-state index contributed by atoms with van der Waals surface area (Å²) in [5.74, 6) is 0.348. The van der Waals surface area contributed by atoms with Crippen LogP contribution in [0.2, 0.25) is 10.0 Å². The maximum Gasteiger partial charge on any atom is 0.0578 e. The largest absolute Gasteiger partial charge is 0.399 e. The number of benzene rings is 2. The summed E-state index contributed by atoms with van der Waals surface area (Å²) in [7, 11) is -1.18. The average Bonchev–Trinajstić information content (AvgIpc) is 2.35. The molecule has 0 saturated heterocycles. The average molecular weight is 314 g/mol. The molecule has 1 unspecified atom stereocenters. The van der Waals surface area contributed by atoms with E-state index in [1.54, 1.807) is 30.3 Å². The summed E-state index contributed by atoms with van der Waals surface area (Å²) in [5.41, 5.74) is 8.11. The molecule has 100 valence electrons. The highest BCUT2D eigenvalue weighted by molar-refractivity contribution is 7.84. The fourth-order valence-electron chi connectivity index (χ4n) is 1.72. The zero-order valence-electron chi connectivity index (χ0n) is 10.3. The van der Waals surface area contributed by atoms with Crippen LogP contribution in [0, 0.1) is 6.92 Å². The molecule has 2 aromatic rings. The molecule has 0 heterocycles. The van der Waals surface area contributed by atoms with E-state index >= 15 is 0 Å². The monoisotopic (exact) mass is 313 g/mol. The number of rotatable bonds is 3. The van der Waals surface area contributed by atoms with E-state index in [1.807, 2.05) is 13.0 Å². The summed E-state index contributed by atoms with van der Waals surface area (Å²) < 4.78 is 12.4. The number of nitrogen functional groups attached to an aromatic ring is 1. The van der Waals surface area contributed by atoms with Gasteiger partial charge in [-0.15, -0.1) is 0 Å². The predicted molar refractivity (Wildman–Crippen MR) is 82.2 cm³/mol. The van der Waals surface area contributed by atoms with Crippen LogP contribution in [0.4, 0.5) is 5.69 Å². The highest BCUT2D eigenvalue weighted by atomic mass is 35.5. The lowest BCUT2D eigenvalue weighted by Crippen LogP contribution is -2.00. The van der Waals surface area contributed by atoms with Gasteiger partial charge in [-0.3, -0.25) is 4.21 Å². The lowest BCUT2D eigenvalue weighted by molar-refractivity contribution is 0.682. The molecule has 0 saturated carbocycles. The molecule has 5 heteroatoms. The van der Waals surface area contributed by atoms with Crippen molar-refractivity contribution in [1.29, 1.82) is 0 Å². The third-order valence-electron chi connectivity index (χ3n) is 2.76. The predicted octanol–water partition coefficient (Wildman–Crippen LogP) is 4.19. The Kier molecular flexibility index (Phi) is 4.50. The van der Waals surface area contributed by atoms with Crippen LogP contribution in [-0.2, 0) is 16.6 Å². The third kappa shape index (κ3) is 3.50. The Morgan fingerprint density at radius 1 is 1.16 bits per heavy atom. The van der Waals surface area contributed by atoms with Gasteiger partial charge in [0, 0.05) is 20.6 Å². The molecule has 0 fully saturated rings. The molecule has 0 bridgehead atoms. The summed E-state index contributed by atoms with van der Waals surface area (Å²) in [6, 6.07) is 10.6. The Morgan fingerprint density at radius 2 is 1.89 bits per heavy atom. The molecule has 2 rings (SSSR count). The number of nitrogens with two attached hydrogens (primary N) is 1. The molecule has 0 spiro atoms. The van der Waals surface area contributed by atoms with Crippen molar-refractivity contribution in [3.8, 4) is 0 Å². The first kappa shape index (κ1) is 14.4. The number of halogens is 2. The van der Waals surface area contributed by atoms with Gasteiger partial charge in [0.15, 0.2) is 0 Å². The Bertz CT molecular complexity index is 643. The van der Waals surface area contributed by atoms with E-state index in [9.17, 15) is 4.21 Å². The van der Waals surface area contributed by atoms with Gasteiger partial charge in [-0.05, 0) is 42.3 Å². The van der Waals surface area contributed by atoms with Gasteiger partial charge in [-0.1, -0.05) is 35.3 Å². The SMILES string of the molecule is Cc1ccc(N)cc1S(=O)Cc1ccc(Cl)cc1Cl. The first-order valence-electron chi connectivity index (χ1n) is 5.66. The van der Waals surface area contributed by atoms with Gasteiger partial charge in [-0.2, -0.15) is 0 Å². The van der Waals surface area contributed by atoms with Crippen molar-refractivity contribution in [3.63, 3.8) is 0 Å². The van der Waals surface area contributed by atoms with Crippen molar-refractivity contribution in [2.24, 2.45) is 0 Å². The van der Waals surface area contributed by atoms with Gasteiger partial charge in [0.1, 0.15) is 0 Å². The minimum atomic E-state index is -1.18. The summed E-state index contributed by atoms with van der Waals surface area (Å²) in [5, 5.41) is 1.10. The molecule has 0 aliphatic rings. The van der Waals surface area contributed by atoms with E-state index in [0.717, 1.165) is 16.0 Å². The number of hydrogen-bond donors (Lipinski definition) is 1. The summed E-state index contributed by atoms with van der Waals surface area (Å²) >= 11 is 11.9. The lowest BCUT2D eigenvalue weighted by Gasteiger charge is -2.08. The summed E-state index contributed by atoms with van der Waals surface area (Å²) in [4.78, 5) is 0.742. The second kappa shape index (κ2) is 5.95. The molecule has 0 aliphatic heterocycles. The topological polar surface area (TPSA) is 43.1 Å². The van der Waals surface area contributed by atoms with Crippen LogP contribution in [0.1, 0.15) is 11.1 Å². The maximum absolute atomic E-state index is 12.4. The van der Waals surface area contributed by atoms with Crippen LogP contribution in [-0.4, -0.2) is 4.21 Å². The molecule has 19 heavy (non-hydrogen) atoms. The van der Waals surface area contributed by atoms with E-state index < -0.39 is 10.8 Å². The van der Waals surface area contributed by atoms with Crippen molar-refractivity contribution >= 4 is 39.7 Å². The van der Waals surface area contributed by atoms with Crippen LogP contribution in [0.3, 0.4) is 0 Å². The lowest BCUT2D eigenvalue weighted by atomic mass is 10.2. The van der Waals surface area contributed by atoms with Gasteiger partial charge in [0.25, 0.3) is 0 Å². The second-order valence-corrected chi connectivity index (χ2v) is 6.51. The summed E-state index contributed by atoms with van der Waals surface area (Å²) in [6.45, 7) is 1.91. The first-order chi connectivity index (χ1) is 8.97. The van der Waals surface area contributed by atoms with E-state index in [0.29, 0.717) is 21.5 Å². The summed E-state index contributed by atoms with van der Waals surface area (Å²) in [6.07, 6.45) is 0. The molecule has 0 aliphatic carbocycles. The first-order valence-corrected chi connectivity index (χ1v) is 7.73. The highest BCUT2D eigenvalue weighted by Crippen LogP contribution is 2.25. The Morgan fingerprint density at radius 3 is 2.58 bits per heavy atom. The van der Waals surface area contributed by atoms with Gasteiger partial charge >= 0.3 is 0 Å². The van der Waals surface area contributed by atoms with Crippen molar-refractivity contribution in [1.82, 2.24) is 0 Å². The molecule has 1 atom stereocenters. The van der Waals surface area contributed by atoms with Crippen LogP contribution in [0.5, 0.6) is 0 Å². The van der Waals surface area contributed by atoms with Gasteiger partial charge in [-0.25, -0.2) is 0 Å². The van der Waals surface area contributed by atoms with Crippen LogP contribution < -0.4 is 5.73 Å². The molecule has 0 radical (unpaired) electrons. The van der Waals surface area contributed by atoms with Gasteiger partial charge in [0.2, 0.25) is 0 Å². The number of anilines is 1. The fraction of sp³-hybridized carbons (Fsp3) is 0.143. The molecule has 0 aromatic heterocycles. The Hall–Kier alpha value is -1.03. The fourth-order valence-corrected chi connectivity index (χ4v) is 3.66. The molecular formula is C14H13Cl2NOS. The van der Waals surface area contributed by atoms with Crippen LogP contribution in [0.25, 0.3) is 0 Å². The molecule has 2 N–H and O–H groups in total. The maximum atomic E-state index is 12.4. The van der Waals surface area contributed by atoms with Crippen molar-refractivity contribution in [3.05, 3.63) is 57.6 Å². The second-order valence-electron chi connectivity index (χ2n) is 4.25. The quantitative estimate of drug-likeness (QED) is 0.863. The molecule has 0 amide bonds.